The van der Waals surface area contributed by atoms with Crippen LogP contribution in [0.2, 0.25) is 0 Å². The molecule has 2 aromatic rings. The number of hydrogen-bond donors (Lipinski definition) is 0. The highest BCUT2D eigenvalue weighted by Gasteiger charge is 2.18. The molecule has 0 N–H and O–H groups in total. The Morgan fingerprint density at radius 2 is 1.75 bits per heavy atom. The smallest absolute Gasteiger partial charge is 0.197 e. The van der Waals surface area contributed by atoms with Crippen LogP contribution in [0.15, 0.2) is 29.3 Å². The molecule has 5 nitrogen and oxygen atoms in total. The Kier molecular flexibility index (Phi) is 3.50. The molecule has 3 rings (SSSR count). The molecule has 1 aliphatic heterocycles. The van der Waals surface area contributed by atoms with Gasteiger partial charge in [-0.15, -0.1) is 0 Å². The molecule has 0 atom stereocenters. The van der Waals surface area contributed by atoms with Crippen LogP contribution >= 0.6 is 0 Å². The zero-order chi connectivity index (χ0) is 13.9. The van der Waals surface area contributed by atoms with Crippen LogP contribution in [0, 0.1) is 0 Å². The van der Waals surface area contributed by atoms with E-state index in [1.54, 1.807) is 6.34 Å². The largest absolute Gasteiger partial charge is 0.369 e. The molecular weight excluding hydrogens is 250 g/mol. The third-order valence-corrected chi connectivity index (χ3v) is 3.35. The minimum atomic E-state index is 0.708. The maximum atomic E-state index is 4.77. The first kappa shape index (κ1) is 12.8. The molecule has 1 fully saturated rings. The Morgan fingerprint density at radius 1 is 1.10 bits per heavy atom. The average molecular weight is 269 g/mol. The molecule has 1 aromatic heterocycles. The van der Waals surface area contributed by atoms with Gasteiger partial charge in [0.1, 0.15) is 0 Å². The van der Waals surface area contributed by atoms with Crippen molar-refractivity contribution >= 4 is 29.0 Å². The molecule has 1 aliphatic rings. The van der Waals surface area contributed by atoms with Gasteiger partial charge in [-0.3, -0.25) is 0 Å². The number of fused-ring (bicyclic) bond motifs is 1. The first-order valence-electron chi connectivity index (χ1n) is 6.96. The molecular formula is C15H19N5. The van der Waals surface area contributed by atoms with Crippen molar-refractivity contribution in [3.8, 4) is 0 Å². The van der Waals surface area contributed by atoms with Gasteiger partial charge in [0.25, 0.3) is 0 Å². The van der Waals surface area contributed by atoms with Gasteiger partial charge in [-0.25, -0.2) is 15.0 Å². The molecule has 0 saturated carbocycles. The van der Waals surface area contributed by atoms with E-state index in [9.17, 15) is 0 Å². The number of anilines is 1. The van der Waals surface area contributed by atoms with Gasteiger partial charge in [-0.05, 0) is 25.0 Å². The van der Waals surface area contributed by atoms with Gasteiger partial charge in [-0.1, -0.05) is 12.1 Å². The minimum absolute atomic E-state index is 0.708. The monoisotopic (exact) mass is 269 g/mol. The number of benzene rings is 1. The van der Waals surface area contributed by atoms with Gasteiger partial charge in [0, 0.05) is 27.2 Å². The van der Waals surface area contributed by atoms with Crippen LogP contribution in [0.25, 0.3) is 11.0 Å². The number of aliphatic imine (C=N–C) groups is 1. The van der Waals surface area contributed by atoms with Crippen molar-refractivity contribution in [2.45, 2.75) is 12.8 Å². The first-order valence-corrected chi connectivity index (χ1v) is 6.96. The van der Waals surface area contributed by atoms with E-state index < -0.39 is 0 Å². The van der Waals surface area contributed by atoms with Gasteiger partial charge in [0.05, 0.1) is 17.4 Å². The van der Waals surface area contributed by atoms with Gasteiger partial charge >= 0.3 is 0 Å². The number of rotatable bonds is 3. The van der Waals surface area contributed by atoms with Crippen molar-refractivity contribution in [1.82, 2.24) is 14.9 Å². The van der Waals surface area contributed by atoms with E-state index in [0.29, 0.717) is 5.82 Å². The first-order chi connectivity index (χ1) is 9.74. The van der Waals surface area contributed by atoms with Gasteiger partial charge in [0.2, 0.25) is 0 Å². The minimum Gasteiger partial charge on any atom is -0.369 e. The van der Waals surface area contributed by atoms with Gasteiger partial charge in [0.15, 0.2) is 11.6 Å². The Morgan fingerprint density at radius 3 is 2.40 bits per heavy atom. The number of nitrogens with zero attached hydrogens (tertiary/aromatic N) is 5. The third-order valence-electron chi connectivity index (χ3n) is 3.35. The second-order valence-corrected chi connectivity index (χ2v) is 5.26. The van der Waals surface area contributed by atoms with E-state index in [-0.39, 0.29) is 0 Å². The van der Waals surface area contributed by atoms with E-state index in [0.717, 1.165) is 29.9 Å². The summed E-state index contributed by atoms with van der Waals surface area (Å²) in [4.78, 5) is 18.1. The number of para-hydroxylation sites is 2. The van der Waals surface area contributed by atoms with Gasteiger partial charge < -0.3 is 9.80 Å². The lowest BCUT2D eigenvalue weighted by Crippen LogP contribution is -2.19. The van der Waals surface area contributed by atoms with Crippen LogP contribution in [0.4, 0.5) is 11.6 Å². The maximum absolute atomic E-state index is 4.77. The van der Waals surface area contributed by atoms with E-state index in [4.69, 9.17) is 4.98 Å². The Hall–Kier alpha value is -2.17. The highest BCUT2D eigenvalue weighted by Crippen LogP contribution is 2.29. The predicted octanol–water partition coefficient (Wildman–Crippen LogP) is 2.45. The van der Waals surface area contributed by atoms with Crippen molar-refractivity contribution in [2.75, 3.05) is 32.1 Å². The van der Waals surface area contributed by atoms with E-state index in [1.807, 2.05) is 43.3 Å². The van der Waals surface area contributed by atoms with Crippen LogP contribution in [0.5, 0.6) is 0 Å². The lowest BCUT2D eigenvalue weighted by Gasteiger charge is -2.18. The average Bonchev–Trinajstić information content (AvgIpc) is 2.98. The lowest BCUT2D eigenvalue weighted by molar-refractivity contribution is 0.643. The second kappa shape index (κ2) is 5.45. The summed E-state index contributed by atoms with van der Waals surface area (Å²) < 4.78 is 0. The second-order valence-electron chi connectivity index (χ2n) is 5.26. The topological polar surface area (TPSA) is 44.6 Å². The lowest BCUT2D eigenvalue weighted by atomic mass is 10.3. The molecule has 0 amide bonds. The quantitative estimate of drug-likeness (QED) is 0.634. The molecule has 2 heterocycles. The highest BCUT2D eigenvalue weighted by molar-refractivity contribution is 5.80. The molecule has 5 heteroatoms. The van der Waals surface area contributed by atoms with E-state index in [2.05, 4.69) is 14.9 Å². The molecule has 0 aliphatic carbocycles. The summed E-state index contributed by atoms with van der Waals surface area (Å²) in [6, 6.07) is 7.95. The molecule has 0 bridgehead atoms. The van der Waals surface area contributed by atoms with Crippen LogP contribution in [-0.4, -0.2) is 48.4 Å². The predicted molar refractivity (Wildman–Crippen MR) is 82.8 cm³/mol. The van der Waals surface area contributed by atoms with E-state index in [1.165, 1.54) is 12.8 Å². The molecule has 0 spiro atoms. The van der Waals surface area contributed by atoms with Gasteiger partial charge in [-0.2, -0.15) is 0 Å². The Balaban J connectivity index is 2.10. The highest BCUT2D eigenvalue weighted by atomic mass is 15.2. The fourth-order valence-electron chi connectivity index (χ4n) is 2.38. The summed E-state index contributed by atoms with van der Waals surface area (Å²) >= 11 is 0. The van der Waals surface area contributed by atoms with Crippen LogP contribution in [0.1, 0.15) is 12.8 Å². The maximum Gasteiger partial charge on any atom is 0.197 e. The van der Waals surface area contributed by atoms with Crippen molar-refractivity contribution in [1.29, 1.82) is 0 Å². The van der Waals surface area contributed by atoms with Crippen molar-refractivity contribution in [2.24, 2.45) is 4.99 Å². The number of hydrogen-bond acceptors (Lipinski definition) is 4. The number of aromatic nitrogens is 2. The van der Waals surface area contributed by atoms with Crippen molar-refractivity contribution in [3.05, 3.63) is 24.3 Å². The summed E-state index contributed by atoms with van der Waals surface area (Å²) in [7, 11) is 3.90. The molecule has 20 heavy (non-hydrogen) atoms. The summed E-state index contributed by atoms with van der Waals surface area (Å²) in [6.45, 7) is 2.08. The zero-order valence-corrected chi connectivity index (χ0v) is 12.0. The molecule has 0 unspecified atom stereocenters. The van der Waals surface area contributed by atoms with Crippen molar-refractivity contribution < 1.29 is 0 Å². The van der Waals surface area contributed by atoms with E-state index >= 15 is 0 Å². The molecule has 1 saturated heterocycles. The Bertz CT molecular complexity index is 629. The fraction of sp³-hybridized carbons (Fsp3) is 0.400. The normalized spacial score (nSPS) is 15.4. The summed E-state index contributed by atoms with van der Waals surface area (Å²) in [6.07, 6.45) is 4.20. The summed E-state index contributed by atoms with van der Waals surface area (Å²) in [5.74, 6) is 1.61. The SMILES string of the molecule is CN(C)C=Nc1nc2ccccc2nc1N1CCCC1. The fourth-order valence-corrected chi connectivity index (χ4v) is 2.38. The van der Waals surface area contributed by atoms with Crippen LogP contribution < -0.4 is 4.90 Å². The summed E-state index contributed by atoms with van der Waals surface area (Å²) in [5, 5.41) is 0. The Labute approximate surface area is 119 Å². The molecule has 1 aromatic carbocycles. The molecule has 0 radical (unpaired) electrons. The summed E-state index contributed by atoms with van der Waals surface area (Å²) in [5.41, 5.74) is 1.82. The van der Waals surface area contributed by atoms with Crippen molar-refractivity contribution in [3.63, 3.8) is 0 Å². The van der Waals surface area contributed by atoms with Crippen LogP contribution in [-0.2, 0) is 0 Å². The zero-order valence-electron chi connectivity index (χ0n) is 12.0. The molecule has 104 valence electrons. The third kappa shape index (κ3) is 2.57. The standard InChI is InChI=1S/C15H19N5/c1-19(2)11-16-14-15(20-9-5-6-10-20)18-13-8-4-3-7-12(13)17-14/h3-4,7-8,11H,5-6,9-10H2,1-2H3. The van der Waals surface area contributed by atoms with Crippen LogP contribution in [0.3, 0.4) is 0 Å².